The number of fused-ring (bicyclic) bond motifs is 1. The molecule has 4 rings (SSSR count). The molecule has 0 aliphatic carbocycles. The Morgan fingerprint density at radius 1 is 0.559 bits per heavy atom. The molecule has 0 aliphatic heterocycles. The fourth-order valence-electron chi connectivity index (χ4n) is 3.35. The van der Waals surface area contributed by atoms with E-state index in [0.717, 1.165) is 24.3 Å². The van der Waals surface area contributed by atoms with E-state index in [0.29, 0.717) is 10.8 Å². The number of nitrogen functional groups attached to an aromatic ring is 2. The van der Waals surface area contributed by atoms with Crippen LogP contribution in [0.5, 0.6) is 23.0 Å². The Kier molecular flexibility index (Phi) is 5.68. The standard InChI is InChI=1S/C24H16F6N2O2/c25-23(26,27)18-11-14(31)4-8-21(18)33-16-6-7-17-13(10-16)2-1-3-20(17)34-22-9-5-15(32)12-19(22)24(28,29)30/h1-12H,31-32H2. The Hall–Kier alpha value is -4.08. The van der Waals surface area contributed by atoms with E-state index in [1.165, 1.54) is 42.5 Å². The Morgan fingerprint density at radius 2 is 1.12 bits per heavy atom. The van der Waals surface area contributed by atoms with Gasteiger partial charge in [-0.15, -0.1) is 0 Å². The van der Waals surface area contributed by atoms with Crippen LogP contribution in [0, 0.1) is 0 Å². The first-order valence-electron chi connectivity index (χ1n) is 9.74. The van der Waals surface area contributed by atoms with E-state index in [4.69, 9.17) is 20.9 Å². The fraction of sp³-hybridized carbons (Fsp3) is 0.0833. The zero-order valence-electron chi connectivity index (χ0n) is 17.2. The van der Waals surface area contributed by atoms with Gasteiger partial charge in [-0.05, 0) is 66.0 Å². The first kappa shape index (κ1) is 23.1. The first-order chi connectivity index (χ1) is 15.9. The number of anilines is 2. The minimum absolute atomic E-state index is 0.0686. The summed E-state index contributed by atoms with van der Waals surface area (Å²) in [5.41, 5.74) is 8.75. The number of alkyl halides is 6. The van der Waals surface area contributed by atoms with Gasteiger partial charge in [-0.3, -0.25) is 0 Å². The van der Waals surface area contributed by atoms with Crippen LogP contribution in [0.4, 0.5) is 37.7 Å². The maximum Gasteiger partial charge on any atom is 0.420 e. The van der Waals surface area contributed by atoms with Gasteiger partial charge >= 0.3 is 12.4 Å². The summed E-state index contributed by atoms with van der Waals surface area (Å²) in [6, 6.07) is 15.3. The predicted octanol–water partition coefficient (Wildman–Crippen LogP) is 7.63. The van der Waals surface area contributed by atoms with Crippen LogP contribution < -0.4 is 20.9 Å². The highest BCUT2D eigenvalue weighted by molar-refractivity contribution is 5.89. The van der Waals surface area contributed by atoms with Crippen LogP contribution in [0.25, 0.3) is 10.8 Å². The van der Waals surface area contributed by atoms with Crippen LogP contribution in [0.1, 0.15) is 11.1 Å². The summed E-state index contributed by atoms with van der Waals surface area (Å²) in [4.78, 5) is 0. The van der Waals surface area contributed by atoms with Crippen LogP contribution >= 0.6 is 0 Å². The van der Waals surface area contributed by atoms with Gasteiger partial charge in [0.15, 0.2) is 0 Å². The quantitative estimate of drug-likeness (QED) is 0.234. The summed E-state index contributed by atoms with van der Waals surface area (Å²) in [7, 11) is 0. The molecule has 0 atom stereocenters. The number of rotatable bonds is 4. The Bertz CT molecular complexity index is 1370. The highest BCUT2D eigenvalue weighted by Gasteiger charge is 2.36. The van der Waals surface area contributed by atoms with Crippen molar-refractivity contribution in [3.8, 4) is 23.0 Å². The first-order valence-corrected chi connectivity index (χ1v) is 9.74. The number of ether oxygens (including phenoxy) is 2. The molecule has 4 nitrogen and oxygen atoms in total. The van der Waals surface area contributed by atoms with E-state index in [9.17, 15) is 26.3 Å². The zero-order chi connectivity index (χ0) is 24.7. The Morgan fingerprint density at radius 3 is 1.68 bits per heavy atom. The second kappa shape index (κ2) is 8.36. The third-order valence-electron chi connectivity index (χ3n) is 4.88. The summed E-state index contributed by atoms with van der Waals surface area (Å²) >= 11 is 0. The lowest BCUT2D eigenvalue weighted by molar-refractivity contribution is -0.139. The van der Waals surface area contributed by atoms with Gasteiger partial charge in [-0.2, -0.15) is 26.3 Å². The SMILES string of the molecule is Nc1ccc(Oc2ccc3c(Oc4ccc(N)cc4C(F)(F)F)cccc3c2)c(C(F)(F)F)c1. The Labute approximate surface area is 189 Å². The molecule has 0 fully saturated rings. The molecule has 0 unspecified atom stereocenters. The van der Waals surface area contributed by atoms with Crippen molar-refractivity contribution in [3.05, 3.63) is 83.9 Å². The molecule has 0 spiro atoms. The molecule has 176 valence electrons. The van der Waals surface area contributed by atoms with E-state index in [-0.39, 0.29) is 22.9 Å². The third kappa shape index (κ3) is 4.80. The molecule has 0 aliphatic rings. The highest BCUT2D eigenvalue weighted by Crippen LogP contribution is 2.42. The third-order valence-corrected chi connectivity index (χ3v) is 4.88. The van der Waals surface area contributed by atoms with Crippen molar-refractivity contribution < 1.29 is 35.8 Å². The number of nitrogens with two attached hydrogens (primary N) is 2. The van der Waals surface area contributed by atoms with Gasteiger partial charge in [0.2, 0.25) is 0 Å². The van der Waals surface area contributed by atoms with Crippen molar-refractivity contribution in [1.82, 2.24) is 0 Å². The summed E-state index contributed by atoms with van der Waals surface area (Å²) in [5.74, 6) is -0.678. The lowest BCUT2D eigenvalue weighted by atomic mass is 10.1. The van der Waals surface area contributed by atoms with Crippen molar-refractivity contribution in [2.24, 2.45) is 0 Å². The van der Waals surface area contributed by atoms with Crippen LogP contribution in [0.2, 0.25) is 0 Å². The maximum atomic E-state index is 13.4. The van der Waals surface area contributed by atoms with Gasteiger partial charge in [0.05, 0.1) is 0 Å². The molecule has 0 radical (unpaired) electrons. The number of hydrogen-bond acceptors (Lipinski definition) is 4. The van der Waals surface area contributed by atoms with E-state index in [2.05, 4.69) is 0 Å². The maximum absolute atomic E-state index is 13.4. The van der Waals surface area contributed by atoms with Crippen LogP contribution in [-0.4, -0.2) is 0 Å². The van der Waals surface area contributed by atoms with Gasteiger partial charge in [0.1, 0.15) is 34.1 Å². The molecule has 4 aromatic rings. The zero-order valence-corrected chi connectivity index (χ0v) is 17.2. The van der Waals surface area contributed by atoms with Crippen molar-refractivity contribution in [1.29, 1.82) is 0 Å². The van der Waals surface area contributed by atoms with Crippen LogP contribution in [-0.2, 0) is 12.4 Å². The normalized spacial score (nSPS) is 12.1. The van der Waals surface area contributed by atoms with Gasteiger partial charge in [-0.1, -0.05) is 12.1 Å². The summed E-state index contributed by atoms with van der Waals surface area (Å²) in [6.45, 7) is 0. The minimum Gasteiger partial charge on any atom is -0.457 e. The molecule has 0 saturated heterocycles. The van der Waals surface area contributed by atoms with E-state index in [1.807, 2.05) is 0 Å². The molecular weight excluding hydrogens is 462 g/mol. The molecule has 10 heteroatoms. The lowest BCUT2D eigenvalue weighted by Crippen LogP contribution is -2.08. The molecule has 0 amide bonds. The van der Waals surface area contributed by atoms with Gasteiger partial charge in [-0.25, -0.2) is 0 Å². The van der Waals surface area contributed by atoms with Gasteiger partial charge in [0, 0.05) is 16.8 Å². The molecule has 34 heavy (non-hydrogen) atoms. The monoisotopic (exact) mass is 478 g/mol. The molecule has 4 N–H and O–H groups in total. The lowest BCUT2D eigenvalue weighted by Gasteiger charge is -2.16. The Balaban J connectivity index is 1.70. The second-order valence-corrected chi connectivity index (χ2v) is 7.35. The number of benzene rings is 4. The minimum atomic E-state index is -4.69. The fourth-order valence-corrected chi connectivity index (χ4v) is 3.35. The molecule has 0 bridgehead atoms. The highest BCUT2D eigenvalue weighted by atomic mass is 19.4. The van der Waals surface area contributed by atoms with Crippen molar-refractivity contribution in [2.75, 3.05) is 11.5 Å². The predicted molar refractivity (Wildman–Crippen MR) is 116 cm³/mol. The van der Waals surface area contributed by atoms with E-state index < -0.39 is 35.0 Å². The van der Waals surface area contributed by atoms with E-state index in [1.54, 1.807) is 6.07 Å². The smallest absolute Gasteiger partial charge is 0.420 e. The van der Waals surface area contributed by atoms with Crippen LogP contribution in [0.3, 0.4) is 0 Å². The summed E-state index contributed by atoms with van der Waals surface area (Å²) < 4.78 is 91.3. The van der Waals surface area contributed by atoms with Crippen molar-refractivity contribution in [3.63, 3.8) is 0 Å². The molecule has 0 aromatic heterocycles. The average Bonchev–Trinajstić information content (AvgIpc) is 2.75. The summed E-state index contributed by atoms with van der Waals surface area (Å²) in [5, 5.41) is 0.899. The van der Waals surface area contributed by atoms with Gasteiger partial charge in [0.25, 0.3) is 0 Å². The topological polar surface area (TPSA) is 70.5 Å². The number of halogens is 6. The largest absolute Gasteiger partial charge is 0.457 e. The molecule has 4 aromatic carbocycles. The van der Waals surface area contributed by atoms with Crippen molar-refractivity contribution in [2.45, 2.75) is 12.4 Å². The second-order valence-electron chi connectivity index (χ2n) is 7.35. The average molecular weight is 478 g/mol. The number of hydrogen-bond donors (Lipinski definition) is 2. The van der Waals surface area contributed by atoms with Gasteiger partial charge < -0.3 is 20.9 Å². The van der Waals surface area contributed by atoms with Crippen LogP contribution in [0.15, 0.2) is 72.8 Å². The van der Waals surface area contributed by atoms with Crippen molar-refractivity contribution >= 4 is 22.1 Å². The molecule has 0 heterocycles. The van der Waals surface area contributed by atoms with E-state index >= 15 is 0 Å². The molecule has 0 saturated carbocycles. The molecular formula is C24H16F6N2O2. The summed E-state index contributed by atoms with van der Waals surface area (Å²) in [6.07, 6.45) is -9.37.